The number of nitrogens with zero attached hydrogens (tertiary/aromatic N) is 3. The number of halogens is 1. The second kappa shape index (κ2) is 15.6. The third kappa shape index (κ3) is 9.50. The number of hydrogen-bond acceptors (Lipinski definition) is 3. The van der Waals surface area contributed by atoms with Crippen LogP contribution in [0.25, 0.3) is 0 Å². The maximum absolute atomic E-state index is 13.3. The molecule has 2 aromatic rings. The van der Waals surface area contributed by atoms with Gasteiger partial charge >= 0.3 is 6.03 Å². The first kappa shape index (κ1) is 27.9. The Hall–Kier alpha value is -2.32. The lowest BCUT2D eigenvalue weighted by Gasteiger charge is -2.28. The zero-order chi connectivity index (χ0) is 24.8. The number of unbranched alkanes of at least 4 members (excludes halogenated alkanes) is 1. The predicted octanol–water partition coefficient (Wildman–Crippen LogP) is 4.89. The molecule has 0 radical (unpaired) electrons. The smallest absolute Gasteiger partial charge is 0.317 e. The zero-order valence-electron chi connectivity index (χ0n) is 20.8. The zero-order valence-corrected chi connectivity index (χ0v) is 22.3. The average molecular weight is 536 g/mol. The molecule has 1 aromatic heterocycles. The van der Waals surface area contributed by atoms with Crippen molar-refractivity contribution < 1.29 is 14.3 Å². The minimum atomic E-state index is -0.207. The molecular formula is C26H39BrN4O3. The van der Waals surface area contributed by atoms with Gasteiger partial charge in [0.1, 0.15) is 6.54 Å². The van der Waals surface area contributed by atoms with Gasteiger partial charge < -0.3 is 24.4 Å². The van der Waals surface area contributed by atoms with Gasteiger partial charge in [0.15, 0.2) is 0 Å². The number of amides is 3. The van der Waals surface area contributed by atoms with Crippen molar-refractivity contribution in [1.29, 1.82) is 0 Å². The van der Waals surface area contributed by atoms with E-state index in [4.69, 9.17) is 4.74 Å². The summed E-state index contributed by atoms with van der Waals surface area (Å²) in [5, 5.41) is 2.83. The van der Waals surface area contributed by atoms with Crippen LogP contribution in [0, 0.1) is 0 Å². The van der Waals surface area contributed by atoms with Crippen LogP contribution in [-0.2, 0) is 22.6 Å². The van der Waals surface area contributed by atoms with Crippen molar-refractivity contribution >= 4 is 27.9 Å². The third-order valence-electron chi connectivity index (χ3n) is 5.54. The van der Waals surface area contributed by atoms with E-state index in [1.165, 1.54) is 5.56 Å². The predicted molar refractivity (Wildman–Crippen MR) is 140 cm³/mol. The van der Waals surface area contributed by atoms with Gasteiger partial charge in [-0.1, -0.05) is 41.4 Å². The van der Waals surface area contributed by atoms with E-state index in [9.17, 15) is 9.59 Å². The lowest BCUT2D eigenvalue weighted by molar-refractivity contribution is -0.132. The summed E-state index contributed by atoms with van der Waals surface area (Å²) in [6.45, 7) is 10.2. The Balaban J connectivity index is 2.09. The number of carbonyl (C=O) groups is 2. The molecule has 0 saturated carbocycles. The lowest BCUT2D eigenvalue weighted by atomic mass is 10.2. The average Bonchev–Trinajstić information content (AvgIpc) is 3.26. The van der Waals surface area contributed by atoms with Gasteiger partial charge in [0, 0.05) is 55.8 Å². The van der Waals surface area contributed by atoms with Crippen LogP contribution in [0.5, 0.6) is 0 Å². The van der Waals surface area contributed by atoms with E-state index in [0.29, 0.717) is 45.8 Å². The van der Waals surface area contributed by atoms with Crippen LogP contribution >= 0.6 is 15.9 Å². The Morgan fingerprint density at radius 3 is 2.44 bits per heavy atom. The Morgan fingerprint density at radius 1 is 1.03 bits per heavy atom. The third-order valence-corrected chi connectivity index (χ3v) is 6.07. The number of ether oxygens (including phenoxy) is 1. The maximum atomic E-state index is 13.3. The van der Waals surface area contributed by atoms with Crippen LogP contribution in [0.15, 0.2) is 47.1 Å². The Kier molecular flexibility index (Phi) is 12.8. The molecule has 0 fully saturated rings. The molecule has 8 heteroatoms. The van der Waals surface area contributed by atoms with Gasteiger partial charge in [-0.25, -0.2) is 4.79 Å². The molecule has 2 rings (SSSR count). The van der Waals surface area contributed by atoms with Gasteiger partial charge in [0.2, 0.25) is 5.91 Å². The Bertz CT molecular complexity index is 869. The highest BCUT2D eigenvalue weighted by Crippen LogP contribution is 2.15. The van der Waals surface area contributed by atoms with Gasteiger partial charge in [-0.3, -0.25) is 4.79 Å². The molecule has 0 aliphatic carbocycles. The van der Waals surface area contributed by atoms with Gasteiger partial charge in [-0.05, 0) is 56.5 Å². The van der Waals surface area contributed by atoms with Crippen LogP contribution in [0.4, 0.5) is 4.79 Å². The second-order valence-corrected chi connectivity index (χ2v) is 9.15. The summed E-state index contributed by atoms with van der Waals surface area (Å²) in [5.74, 6) is -0.0347. The molecule has 0 spiro atoms. The SMILES string of the molecule is CCCCN(Cc1cccn1Cc1ccc(Br)cc1)C(=O)CN(CCCOCC)C(=O)NCC. The Morgan fingerprint density at radius 2 is 1.76 bits per heavy atom. The van der Waals surface area contributed by atoms with Crippen molar-refractivity contribution in [1.82, 2.24) is 19.7 Å². The highest BCUT2D eigenvalue weighted by atomic mass is 79.9. The van der Waals surface area contributed by atoms with E-state index in [2.05, 4.69) is 57.1 Å². The first-order valence-corrected chi connectivity index (χ1v) is 13.0. The number of hydrogen-bond donors (Lipinski definition) is 1. The second-order valence-electron chi connectivity index (χ2n) is 8.23. The van der Waals surface area contributed by atoms with Crippen molar-refractivity contribution in [2.24, 2.45) is 0 Å². The molecule has 34 heavy (non-hydrogen) atoms. The highest BCUT2D eigenvalue weighted by Gasteiger charge is 2.21. The summed E-state index contributed by atoms with van der Waals surface area (Å²) in [4.78, 5) is 29.4. The van der Waals surface area contributed by atoms with E-state index in [1.807, 2.05) is 36.9 Å². The molecule has 1 aromatic carbocycles. The van der Waals surface area contributed by atoms with E-state index in [1.54, 1.807) is 4.90 Å². The largest absolute Gasteiger partial charge is 0.382 e. The quantitative estimate of drug-likeness (QED) is 0.331. The summed E-state index contributed by atoms with van der Waals surface area (Å²) >= 11 is 3.48. The molecule has 7 nitrogen and oxygen atoms in total. The van der Waals surface area contributed by atoms with Gasteiger partial charge in [0.25, 0.3) is 0 Å². The molecule has 0 unspecified atom stereocenters. The number of urea groups is 1. The van der Waals surface area contributed by atoms with E-state index in [-0.39, 0.29) is 18.5 Å². The van der Waals surface area contributed by atoms with E-state index < -0.39 is 0 Å². The van der Waals surface area contributed by atoms with Crippen LogP contribution in [0.2, 0.25) is 0 Å². The van der Waals surface area contributed by atoms with Gasteiger partial charge in [-0.2, -0.15) is 0 Å². The molecule has 0 atom stereocenters. The molecule has 3 amide bonds. The number of carbonyl (C=O) groups excluding carboxylic acids is 2. The maximum Gasteiger partial charge on any atom is 0.317 e. The number of benzene rings is 1. The molecular weight excluding hydrogens is 496 g/mol. The summed E-state index contributed by atoms with van der Waals surface area (Å²) in [5.41, 5.74) is 2.28. The van der Waals surface area contributed by atoms with Crippen LogP contribution in [0.3, 0.4) is 0 Å². The van der Waals surface area contributed by atoms with Gasteiger partial charge in [-0.15, -0.1) is 0 Å². The van der Waals surface area contributed by atoms with Crippen LogP contribution < -0.4 is 5.32 Å². The highest BCUT2D eigenvalue weighted by molar-refractivity contribution is 9.10. The summed E-state index contributed by atoms with van der Waals surface area (Å²) < 4.78 is 8.64. The fourth-order valence-corrected chi connectivity index (χ4v) is 3.92. The topological polar surface area (TPSA) is 66.8 Å². The minimum absolute atomic E-state index is 0.0347. The lowest BCUT2D eigenvalue weighted by Crippen LogP contribution is -2.47. The van der Waals surface area contributed by atoms with Crippen molar-refractivity contribution in [3.63, 3.8) is 0 Å². The summed E-state index contributed by atoms with van der Waals surface area (Å²) in [6.07, 6.45) is 4.67. The summed E-state index contributed by atoms with van der Waals surface area (Å²) in [7, 11) is 0. The first-order valence-electron chi connectivity index (χ1n) is 12.2. The van der Waals surface area contributed by atoms with E-state index >= 15 is 0 Å². The number of rotatable bonds is 15. The van der Waals surface area contributed by atoms with E-state index in [0.717, 1.165) is 29.6 Å². The summed E-state index contributed by atoms with van der Waals surface area (Å²) in [6, 6.07) is 12.1. The molecule has 1 N–H and O–H groups in total. The fraction of sp³-hybridized carbons (Fsp3) is 0.538. The molecule has 1 heterocycles. The van der Waals surface area contributed by atoms with Gasteiger partial charge in [0.05, 0.1) is 6.54 Å². The van der Waals surface area contributed by atoms with Crippen molar-refractivity contribution in [3.8, 4) is 0 Å². The molecule has 0 saturated heterocycles. The van der Waals surface area contributed by atoms with Crippen LogP contribution in [0.1, 0.15) is 51.3 Å². The molecule has 188 valence electrons. The number of aromatic nitrogens is 1. The van der Waals surface area contributed by atoms with Crippen molar-refractivity contribution in [2.75, 3.05) is 39.4 Å². The molecule has 0 aliphatic heterocycles. The first-order chi connectivity index (χ1) is 16.5. The normalized spacial score (nSPS) is 10.8. The van der Waals surface area contributed by atoms with Crippen LogP contribution in [-0.4, -0.2) is 65.7 Å². The standard InChI is InChI=1S/C26H39BrN4O3/c1-4-7-15-30(25(32)21-31(26(33)28-5-2)17-9-18-34-6-3)20-24-10-8-16-29(24)19-22-11-13-23(27)14-12-22/h8,10-14,16H,4-7,9,15,17-21H2,1-3H3,(H,28,33). The van der Waals surface area contributed by atoms with Crippen molar-refractivity contribution in [2.45, 2.75) is 53.1 Å². The fourth-order valence-electron chi connectivity index (χ4n) is 3.65. The molecule has 0 aliphatic rings. The monoisotopic (exact) mass is 534 g/mol. The number of nitrogens with one attached hydrogen (secondary N) is 1. The minimum Gasteiger partial charge on any atom is -0.382 e. The Labute approximate surface area is 212 Å². The molecule has 0 bridgehead atoms. The van der Waals surface area contributed by atoms with Crippen molar-refractivity contribution in [3.05, 3.63) is 58.3 Å².